The molecule has 0 aliphatic heterocycles. The Morgan fingerprint density at radius 3 is 2.90 bits per heavy atom. The van der Waals surface area contributed by atoms with Crippen molar-refractivity contribution in [2.24, 2.45) is 23.2 Å². The molecule has 2 unspecified atom stereocenters. The van der Waals surface area contributed by atoms with Gasteiger partial charge in [0.25, 0.3) is 0 Å². The molecule has 21 heavy (non-hydrogen) atoms. The van der Waals surface area contributed by atoms with E-state index in [0.29, 0.717) is 28.9 Å². The van der Waals surface area contributed by atoms with Crippen LogP contribution in [0.1, 0.15) is 67.7 Å². The normalized spacial score (nSPS) is 46.3. The molecule has 0 aromatic heterocycles. The van der Waals surface area contributed by atoms with E-state index in [1.807, 2.05) is 6.07 Å². The fraction of sp³-hybridized carbons (Fsp3) is 0.684. The maximum atomic E-state index is 10.8. The van der Waals surface area contributed by atoms with Crippen LogP contribution in [0.4, 0.5) is 0 Å². The summed E-state index contributed by atoms with van der Waals surface area (Å²) in [5.41, 5.74) is 3.97. The Bertz CT molecular complexity index is 622. The topological polar surface area (TPSA) is 40.5 Å². The molecule has 2 nitrogen and oxygen atoms in total. The quantitative estimate of drug-likeness (QED) is 0.758. The molecule has 6 aliphatic rings. The first-order valence-corrected chi connectivity index (χ1v) is 8.62. The Balaban J connectivity index is 1.83. The van der Waals surface area contributed by atoms with Gasteiger partial charge in [0.05, 0.1) is 6.10 Å². The highest BCUT2D eigenvalue weighted by Gasteiger charge is 2.57. The lowest BCUT2D eigenvalue weighted by Crippen LogP contribution is -2.42. The molecule has 6 atom stereocenters. The van der Waals surface area contributed by atoms with Gasteiger partial charge in [-0.3, -0.25) is 0 Å². The van der Waals surface area contributed by atoms with Crippen molar-refractivity contribution in [3.8, 4) is 5.75 Å². The predicted octanol–water partition coefficient (Wildman–Crippen LogP) is 3.91. The molecular weight excluding hydrogens is 260 g/mol. The molecule has 0 amide bonds. The molecule has 112 valence electrons. The van der Waals surface area contributed by atoms with Crippen molar-refractivity contribution >= 4 is 0 Å². The van der Waals surface area contributed by atoms with Crippen molar-refractivity contribution in [2.45, 2.75) is 57.5 Å². The van der Waals surface area contributed by atoms with Crippen LogP contribution in [0.2, 0.25) is 0 Å². The largest absolute Gasteiger partial charge is 0.508 e. The molecule has 1 aromatic carbocycles. The molecule has 0 heterocycles. The van der Waals surface area contributed by atoms with Crippen LogP contribution in [-0.4, -0.2) is 10.2 Å². The van der Waals surface area contributed by atoms with E-state index in [9.17, 15) is 10.2 Å². The van der Waals surface area contributed by atoms with Gasteiger partial charge in [0.1, 0.15) is 5.75 Å². The second-order valence-electron chi connectivity index (χ2n) is 8.22. The molecule has 2 heteroatoms. The molecule has 8 bridgehead atoms. The fourth-order valence-electron chi connectivity index (χ4n) is 6.67. The zero-order valence-electron chi connectivity index (χ0n) is 12.7. The minimum Gasteiger partial charge on any atom is -0.508 e. The van der Waals surface area contributed by atoms with Crippen molar-refractivity contribution in [1.29, 1.82) is 0 Å². The standard InChI is InChI=1S/C19H24O2/c1-19-7-6-11-12-3-5-16(20)14-8-10(19)2-4-15(19)13(11)9-17(21)18(12)14/h3,5,10-11,13,15,17,20-21H,2,4,6-9H2,1H3/t10?,11?,13-,15+,17-,19-/m1/s1. The summed E-state index contributed by atoms with van der Waals surface area (Å²) in [6, 6.07) is 3.99. The number of fused-ring (bicyclic) bond motifs is 2. The molecule has 0 spiro atoms. The van der Waals surface area contributed by atoms with Crippen molar-refractivity contribution < 1.29 is 10.2 Å². The second kappa shape index (κ2) is 3.84. The molecule has 1 aromatic rings. The smallest absolute Gasteiger partial charge is 0.119 e. The summed E-state index contributed by atoms with van der Waals surface area (Å²) in [6.07, 6.45) is 6.78. The number of aromatic hydroxyl groups is 1. The minimum absolute atomic E-state index is 0.356. The van der Waals surface area contributed by atoms with E-state index >= 15 is 0 Å². The zero-order chi connectivity index (χ0) is 14.4. The minimum atomic E-state index is -0.356. The van der Waals surface area contributed by atoms with Crippen LogP contribution in [-0.2, 0) is 6.42 Å². The van der Waals surface area contributed by atoms with Gasteiger partial charge in [0, 0.05) is 5.56 Å². The van der Waals surface area contributed by atoms with Crippen LogP contribution in [0.3, 0.4) is 0 Å². The van der Waals surface area contributed by atoms with Gasteiger partial charge in [0.15, 0.2) is 0 Å². The Morgan fingerprint density at radius 1 is 1.19 bits per heavy atom. The lowest BCUT2D eigenvalue weighted by atomic mass is 9.55. The number of rotatable bonds is 0. The number of aliphatic hydroxyl groups is 1. The average Bonchev–Trinajstić information content (AvgIpc) is 2.81. The average molecular weight is 284 g/mol. The summed E-state index contributed by atoms with van der Waals surface area (Å²) in [5, 5.41) is 21.2. The number of benzene rings is 1. The monoisotopic (exact) mass is 284 g/mol. The van der Waals surface area contributed by atoms with E-state index in [0.717, 1.165) is 29.9 Å². The molecule has 0 radical (unpaired) electrons. The van der Waals surface area contributed by atoms with Gasteiger partial charge in [-0.2, -0.15) is 0 Å². The third kappa shape index (κ3) is 1.38. The van der Waals surface area contributed by atoms with Gasteiger partial charge in [-0.1, -0.05) is 13.0 Å². The van der Waals surface area contributed by atoms with Gasteiger partial charge >= 0.3 is 0 Å². The van der Waals surface area contributed by atoms with Crippen molar-refractivity contribution in [3.63, 3.8) is 0 Å². The Kier molecular flexibility index (Phi) is 2.29. The Labute approximate surface area is 126 Å². The molecule has 7 rings (SSSR count). The van der Waals surface area contributed by atoms with E-state index in [2.05, 4.69) is 13.0 Å². The van der Waals surface area contributed by atoms with Crippen LogP contribution in [0.25, 0.3) is 0 Å². The van der Waals surface area contributed by atoms with Crippen LogP contribution in [0.5, 0.6) is 5.75 Å². The summed E-state index contributed by atoms with van der Waals surface area (Å²) < 4.78 is 0. The Morgan fingerprint density at radius 2 is 2.05 bits per heavy atom. The summed E-state index contributed by atoms with van der Waals surface area (Å²) in [5.74, 6) is 3.17. The lowest BCUT2D eigenvalue weighted by Gasteiger charge is -2.50. The van der Waals surface area contributed by atoms with E-state index < -0.39 is 0 Å². The highest BCUT2D eigenvalue weighted by molar-refractivity contribution is 5.50. The van der Waals surface area contributed by atoms with Gasteiger partial charge in [0.2, 0.25) is 0 Å². The predicted molar refractivity (Wildman–Crippen MR) is 81.2 cm³/mol. The van der Waals surface area contributed by atoms with Crippen LogP contribution >= 0.6 is 0 Å². The molecule has 0 saturated heterocycles. The highest BCUT2D eigenvalue weighted by atomic mass is 16.3. The van der Waals surface area contributed by atoms with Gasteiger partial charge in [-0.15, -0.1) is 0 Å². The van der Waals surface area contributed by atoms with Gasteiger partial charge in [-0.05, 0) is 84.8 Å². The van der Waals surface area contributed by atoms with Crippen LogP contribution in [0.15, 0.2) is 12.1 Å². The van der Waals surface area contributed by atoms with Crippen molar-refractivity contribution in [2.75, 3.05) is 0 Å². The van der Waals surface area contributed by atoms with E-state index in [4.69, 9.17) is 0 Å². The SMILES string of the molecule is C[C@]12CCC3c4ccc(O)c5c4[C@H](O)C[C@H]3[C@@H]1CCC2C5. The Hall–Kier alpha value is -1.02. The zero-order valence-corrected chi connectivity index (χ0v) is 12.7. The van der Waals surface area contributed by atoms with Gasteiger partial charge < -0.3 is 10.2 Å². The maximum Gasteiger partial charge on any atom is 0.119 e. The highest BCUT2D eigenvalue weighted by Crippen LogP contribution is 2.66. The number of phenols is 1. The number of aliphatic hydroxyl groups excluding tert-OH is 1. The van der Waals surface area contributed by atoms with E-state index in [1.54, 1.807) is 0 Å². The first kappa shape index (κ1) is 12.5. The molecule has 2 N–H and O–H groups in total. The third-order valence-electron chi connectivity index (χ3n) is 7.68. The molecule has 2 fully saturated rings. The second-order valence-corrected chi connectivity index (χ2v) is 8.22. The molecule has 6 aliphatic carbocycles. The fourth-order valence-corrected chi connectivity index (χ4v) is 6.67. The van der Waals surface area contributed by atoms with Crippen LogP contribution < -0.4 is 0 Å². The summed E-state index contributed by atoms with van der Waals surface area (Å²) in [4.78, 5) is 0. The maximum absolute atomic E-state index is 10.8. The summed E-state index contributed by atoms with van der Waals surface area (Å²) in [6.45, 7) is 2.50. The first-order chi connectivity index (χ1) is 10.1. The molecule has 2 saturated carbocycles. The lowest BCUT2D eigenvalue weighted by molar-refractivity contribution is 0.00390. The number of hydrogen-bond donors (Lipinski definition) is 2. The summed E-state index contributed by atoms with van der Waals surface area (Å²) >= 11 is 0. The first-order valence-electron chi connectivity index (χ1n) is 8.62. The van der Waals surface area contributed by atoms with Crippen molar-refractivity contribution in [1.82, 2.24) is 0 Å². The van der Waals surface area contributed by atoms with E-state index in [1.165, 1.54) is 31.2 Å². The number of hydrogen-bond acceptors (Lipinski definition) is 2. The number of phenolic OH excluding ortho intramolecular Hbond substituents is 1. The van der Waals surface area contributed by atoms with Gasteiger partial charge in [-0.25, -0.2) is 0 Å². The van der Waals surface area contributed by atoms with Crippen LogP contribution in [0, 0.1) is 23.2 Å². The van der Waals surface area contributed by atoms with Crippen molar-refractivity contribution in [3.05, 3.63) is 28.8 Å². The van der Waals surface area contributed by atoms with E-state index in [-0.39, 0.29) is 6.10 Å². The third-order valence-corrected chi connectivity index (χ3v) is 7.68. The molecular formula is C19H24O2. The summed E-state index contributed by atoms with van der Waals surface area (Å²) in [7, 11) is 0.